The molecule has 0 saturated carbocycles. The molecule has 18 heavy (non-hydrogen) atoms. The third-order valence-electron chi connectivity index (χ3n) is 2.57. The lowest BCUT2D eigenvalue weighted by Crippen LogP contribution is -2.14. The lowest BCUT2D eigenvalue weighted by atomic mass is 10.2. The van der Waals surface area contributed by atoms with Crippen molar-refractivity contribution < 1.29 is 19.3 Å². The molecule has 0 aliphatic rings. The van der Waals surface area contributed by atoms with Crippen LogP contribution in [0.25, 0.3) is 0 Å². The fraction of sp³-hybridized carbons (Fsp3) is 0.750. The maximum absolute atomic E-state index is 10.0. The largest absolute Gasteiger partial charge is 0.387 e. The summed E-state index contributed by atoms with van der Waals surface area (Å²) in [4.78, 5) is 0. The maximum atomic E-state index is 10.0. The molecule has 0 aliphatic carbocycles. The first kappa shape index (κ1) is 15.1. The van der Waals surface area contributed by atoms with Gasteiger partial charge in [-0.3, -0.25) is 4.68 Å². The van der Waals surface area contributed by atoms with E-state index < -0.39 is 6.10 Å². The summed E-state index contributed by atoms with van der Waals surface area (Å²) < 4.78 is 16.9. The van der Waals surface area contributed by atoms with Crippen molar-refractivity contribution in [2.45, 2.75) is 19.1 Å². The molecule has 0 fully saturated rings. The van der Waals surface area contributed by atoms with E-state index in [9.17, 15) is 5.11 Å². The summed E-state index contributed by atoms with van der Waals surface area (Å²) in [6, 6.07) is 1.81. The lowest BCUT2D eigenvalue weighted by Gasteiger charge is -2.13. The highest BCUT2D eigenvalue weighted by Gasteiger charge is 2.12. The summed E-state index contributed by atoms with van der Waals surface area (Å²) in [5, 5.41) is 14.2. The normalized spacial score (nSPS) is 12.8. The molecule has 1 atom stereocenters. The zero-order valence-electron chi connectivity index (χ0n) is 11.0. The second-order valence-electron chi connectivity index (χ2n) is 3.88. The van der Waals surface area contributed by atoms with Crippen LogP contribution in [0.1, 0.15) is 18.2 Å². The zero-order chi connectivity index (χ0) is 13.2. The van der Waals surface area contributed by atoms with Crippen LogP contribution in [0, 0.1) is 0 Å². The van der Waals surface area contributed by atoms with Crippen LogP contribution in [0.3, 0.4) is 0 Å². The van der Waals surface area contributed by atoms with Gasteiger partial charge in [0.1, 0.15) is 0 Å². The van der Waals surface area contributed by atoms with Crippen LogP contribution in [0.2, 0.25) is 0 Å². The molecule has 0 spiro atoms. The van der Waals surface area contributed by atoms with Gasteiger partial charge in [0.2, 0.25) is 0 Å². The van der Waals surface area contributed by atoms with E-state index >= 15 is 0 Å². The number of nitrogens with zero attached hydrogens (tertiary/aromatic N) is 2. The van der Waals surface area contributed by atoms with Crippen molar-refractivity contribution in [1.82, 2.24) is 9.78 Å². The SMILES string of the molecule is COCCOCCC(O)c1ccnn1CCOC. The molecule has 6 nitrogen and oxygen atoms in total. The smallest absolute Gasteiger partial charge is 0.0978 e. The highest BCUT2D eigenvalue weighted by molar-refractivity contribution is 5.04. The number of aliphatic hydroxyl groups excluding tert-OH is 1. The van der Waals surface area contributed by atoms with Crippen molar-refractivity contribution >= 4 is 0 Å². The molecule has 1 heterocycles. The number of methoxy groups -OCH3 is 2. The Hall–Kier alpha value is -0.950. The van der Waals surface area contributed by atoms with Gasteiger partial charge in [-0.15, -0.1) is 0 Å². The van der Waals surface area contributed by atoms with Gasteiger partial charge in [0.15, 0.2) is 0 Å². The first-order chi connectivity index (χ1) is 8.79. The molecule has 0 aliphatic heterocycles. The minimum Gasteiger partial charge on any atom is -0.387 e. The van der Waals surface area contributed by atoms with Crippen LogP contribution in [-0.2, 0) is 20.8 Å². The van der Waals surface area contributed by atoms with E-state index in [1.54, 1.807) is 25.1 Å². The Morgan fingerprint density at radius 3 is 2.72 bits per heavy atom. The van der Waals surface area contributed by atoms with E-state index in [1.165, 1.54) is 0 Å². The maximum Gasteiger partial charge on any atom is 0.0978 e. The summed E-state index contributed by atoms with van der Waals surface area (Å²) in [6.07, 6.45) is 1.66. The quantitative estimate of drug-likeness (QED) is 0.623. The molecule has 1 unspecified atom stereocenters. The molecule has 6 heteroatoms. The third kappa shape index (κ3) is 5.14. The van der Waals surface area contributed by atoms with Gasteiger partial charge < -0.3 is 19.3 Å². The number of ether oxygens (including phenoxy) is 3. The number of hydrogen-bond donors (Lipinski definition) is 1. The Balaban J connectivity index is 2.31. The van der Waals surface area contributed by atoms with Crippen molar-refractivity contribution in [1.29, 1.82) is 0 Å². The van der Waals surface area contributed by atoms with Crippen molar-refractivity contribution in [2.24, 2.45) is 0 Å². The topological polar surface area (TPSA) is 65.7 Å². The van der Waals surface area contributed by atoms with Gasteiger partial charge in [0, 0.05) is 33.4 Å². The zero-order valence-corrected chi connectivity index (χ0v) is 11.0. The highest BCUT2D eigenvalue weighted by Crippen LogP contribution is 2.15. The van der Waals surface area contributed by atoms with Crippen LogP contribution >= 0.6 is 0 Å². The summed E-state index contributed by atoms with van der Waals surface area (Å²) >= 11 is 0. The molecule has 1 N–H and O–H groups in total. The average Bonchev–Trinajstić information content (AvgIpc) is 2.84. The van der Waals surface area contributed by atoms with Gasteiger partial charge in [0.05, 0.1) is 38.2 Å². The van der Waals surface area contributed by atoms with Crippen molar-refractivity contribution in [2.75, 3.05) is 40.6 Å². The van der Waals surface area contributed by atoms with E-state index in [2.05, 4.69) is 5.10 Å². The molecule has 104 valence electrons. The fourth-order valence-corrected chi connectivity index (χ4v) is 1.58. The standard InChI is InChI=1S/C12H22N2O4/c1-16-8-6-14-11(3-5-13-14)12(15)4-7-18-10-9-17-2/h3,5,12,15H,4,6-10H2,1-2H3. The van der Waals surface area contributed by atoms with Crippen molar-refractivity contribution in [3.05, 3.63) is 18.0 Å². The van der Waals surface area contributed by atoms with Crippen LogP contribution in [0.4, 0.5) is 0 Å². The molecule has 0 aromatic carbocycles. The Kier molecular flexibility index (Phi) is 7.59. The molecule has 0 bridgehead atoms. The summed E-state index contributed by atoms with van der Waals surface area (Å²) in [7, 11) is 3.27. The van der Waals surface area contributed by atoms with Crippen LogP contribution in [0.15, 0.2) is 12.3 Å². The van der Waals surface area contributed by atoms with Crippen LogP contribution < -0.4 is 0 Å². The van der Waals surface area contributed by atoms with Gasteiger partial charge in [-0.25, -0.2) is 0 Å². The van der Waals surface area contributed by atoms with E-state index in [1.807, 2.05) is 6.07 Å². The predicted octanol–water partition coefficient (Wildman–Crippen LogP) is 0.616. The Morgan fingerprint density at radius 2 is 2.00 bits per heavy atom. The summed E-state index contributed by atoms with van der Waals surface area (Å²) in [6.45, 7) is 2.83. The molecule has 1 aromatic heterocycles. The number of hydrogen-bond acceptors (Lipinski definition) is 5. The lowest BCUT2D eigenvalue weighted by molar-refractivity contribution is 0.0453. The van der Waals surface area contributed by atoms with Gasteiger partial charge in [-0.2, -0.15) is 5.10 Å². The Bertz CT molecular complexity index is 317. The van der Waals surface area contributed by atoms with Gasteiger partial charge in [0.25, 0.3) is 0 Å². The Labute approximate surface area is 107 Å². The highest BCUT2D eigenvalue weighted by atomic mass is 16.5. The molecule has 1 aromatic rings. The molecular formula is C12H22N2O4. The molecule has 0 radical (unpaired) electrons. The number of aliphatic hydroxyl groups is 1. The van der Waals surface area contributed by atoms with Crippen molar-refractivity contribution in [3.63, 3.8) is 0 Å². The molecule has 0 amide bonds. The monoisotopic (exact) mass is 258 g/mol. The number of rotatable bonds is 10. The first-order valence-electron chi connectivity index (χ1n) is 6.05. The van der Waals surface area contributed by atoms with Gasteiger partial charge >= 0.3 is 0 Å². The molecular weight excluding hydrogens is 236 g/mol. The summed E-state index contributed by atoms with van der Waals surface area (Å²) in [5.74, 6) is 0. The van der Waals surface area contributed by atoms with E-state index in [-0.39, 0.29) is 0 Å². The van der Waals surface area contributed by atoms with Crippen LogP contribution in [0.5, 0.6) is 0 Å². The van der Waals surface area contributed by atoms with Gasteiger partial charge in [-0.05, 0) is 6.07 Å². The fourth-order valence-electron chi connectivity index (χ4n) is 1.58. The summed E-state index contributed by atoms with van der Waals surface area (Å²) in [5.41, 5.74) is 0.794. The van der Waals surface area contributed by atoms with E-state index in [0.29, 0.717) is 39.4 Å². The van der Waals surface area contributed by atoms with Crippen molar-refractivity contribution in [3.8, 4) is 0 Å². The second-order valence-corrected chi connectivity index (χ2v) is 3.88. The average molecular weight is 258 g/mol. The molecule has 0 saturated heterocycles. The second kappa shape index (κ2) is 9.04. The third-order valence-corrected chi connectivity index (χ3v) is 2.57. The van der Waals surface area contributed by atoms with E-state index in [4.69, 9.17) is 14.2 Å². The number of aromatic nitrogens is 2. The minimum absolute atomic E-state index is 0.500. The van der Waals surface area contributed by atoms with Crippen LogP contribution in [-0.4, -0.2) is 55.5 Å². The first-order valence-corrected chi connectivity index (χ1v) is 6.05. The minimum atomic E-state index is -0.563. The molecule has 1 rings (SSSR count). The Morgan fingerprint density at radius 1 is 1.22 bits per heavy atom. The van der Waals surface area contributed by atoms with Gasteiger partial charge in [-0.1, -0.05) is 0 Å². The predicted molar refractivity (Wildman–Crippen MR) is 66.4 cm³/mol. The van der Waals surface area contributed by atoms with E-state index in [0.717, 1.165) is 5.69 Å².